The second kappa shape index (κ2) is 11.5. The maximum absolute atomic E-state index is 14.3. The first-order valence-corrected chi connectivity index (χ1v) is 12.7. The van der Waals surface area contributed by atoms with E-state index in [0.717, 1.165) is 15.5 Å². The molecule has 0 saturated carbocycles. The van der Waals surface area contributed by atoms with Crippen LogP contribution in [0.2, 0.25) is 5.02 Å². The third kappa shape index (κ3) is 7.07. The third-order valence-electron chi connectivity index (χ3n) is 5.00. The zero-order chi connectivity index (χ0) is 25.6. The van der Waals surface area contributed by atoms with E-state index < -0.39 is 40.2 Å². The van der Waals surface area contributed by atoms with Crippen LogP contribution in [0, 0.1) is 5.82 Å². The second-order valence-electron chi connectivity index (χ2n) is 8.04. The quantitative estimate of drug-likeness (QED) is 0.526. The molecule has 1 atom stereocenters. The molecule has 0 aliphatic rings. The Morgan fingerprint density at radius 2 is 1.79 bits per heavy atom. The van der Waals surface area contributed by atoms with Crippen molar-refractivity contribution in [3.63, 3.8) is 0 Å². The lowest BCUT2D eigenvalue weighted by Gasteiger charge is -2.32. The van der Waals surface area contributed by atoms with E-state index in [4.69, 9.17) is 16.3 Å². The smallest absolute Gasteiger partial charge is 0.244 e. The molecule has 2 rings (SSSR count). The molecule has 0 bridgehead atoms. The molecule has 0 saturated heterocycles. The number of hydrogen-bond acceptors (Lipinski definition) is 5. The standard InChI is InChI=1S/C23H29ClFN3O5S/c1-15(2)26-23(30)16(3)27(13-17-8-6-7-9-20(17)25)22(29)14-28(34(5,31)32)18-10-11-21(33-4)19(24)12-18/h6-12,15-16H,13-14H2,1-5H3,(H,26,30)/t16-/m0/s1. The molecule has 2 amide bonds. The number of benzene rings is 2. The lowest BCUT2D eigenvalue weighted by atomic mass is 10.1. The van der Waals surface area contributed by atoms with Crippen LogP contribution in [0.1, 0.15) is 26.3 Å². The molecule has 0 heterocycles. The van der Waals surface area contributed by atoms with Crippen LogP contribution in [-0.4, -0.2) is 57.1 Å². The molecule has 11 heteroatoms. The third-order valence-corrected chi connectivity index (χ3v) is 6.44. The van der Waals surface area contributed by atoms with Gasteiger partial charge in [0.1, 0.15) is 24.2 Å². The summed E-state index contributed by atoms with van der Waals surface area (Å²) < 4.78 is 45.4. The predicted octanol–water partition coefficient (Wildman–Crippen LogP) is 3.20. The van der Waals surface area contributed by atoms with Gasteiger partial charge >= 0.3 is 0 Å². The Morgan fingerprint density at radius 1 is 1.15 bits per heavy atom. The zero-order valence-electron chi connectivity index (χ0n) is 19.7. The number of halogens is 2. The van der Waals surface area contributed by atoms with Crippen LogP contribution >= 0.6 is 11.6 Å². The average molecular weight is 514 g/mol. The minimum Gasteiger partial charge on any atom is -0.495 e. The number of nitrogens with zero attached hydrogens (tertiary/aromatic N) is 2. The van der Waals surface area contributed by atoms with Gasteiger partial charge < -0.3 is 15.0 Å². The van der Waals surface area contributed by atoms with Gasteiger partial charge in [-0.05, 0) is 45.0 Å². The van der Waals surface area contributed by atoms with Crippen molar-refractivity contribution in [3.05, 3.63) is 58.9 Å². The number of nitrogens with one attached hydrogen (secondary N) is 1. The number of ether oxygens (including phenoxy) is 1. The van der Waals surface area contributed by atoms with Crippen molar-refractivity contribution in [2.45, 2.75) is 39.4 Å². The molecule has 8 nitrogen and oxygen atoms in total. The van der Waals surface area contributed by atoms with Crippen LogP contribution < -0.4 is 14.4 Å². The minimum atomic E-state index is -3.92. The summed E-state index contributed by atoms with van der Waals surface area (Å²) in [6.45, 7) is 4.21. The van der Waals surface area contributed by atoms with Gasteiger partial charge in [0.2, 0.25) is 21.8 Å². The fourth-order valence-electron chi connectivity index (χ4n) is 3.22. The highest BCUT2D eigenvalue weighted by Crippen LogP contribution is 2.30. The highest BCUT2D eigenvalue weighted by molar-refractivity contribution is 7.92. The van der Waals surface area contributed by atoms with Crippen LogP contribution in [0.3, 0.4) is 0 Å². The van der Waals surface area contributed by atoms with E-state index in [1.54, 1.807) is 19.9 Å². The number of anilines is 1. The fraction of sp³-hybridized carbons (Fsp3) is 0.391. The largest absolute Gasteiger partial charge is 0.495 e. The summed E-state index contributed by atoms with van der Waals surface area (Å²) in [7, 11) is -2.50. The van der Waals surface area contributed by atoms with Crippen molar-refractivity contribution in [2.75, 3.05) is 24.2 Å². The first kappa shape index (κ1) is 27.4. The second-order valence-corrected chi connectivity index (χ2v) is 10.4. The maximum atomic E-state index is 14.3. The normalized spacial score (nSPS) is 12.2. The average Bonchev–Trinajstić information content (AvgIpc) is 2.75. The number of carbonyl (C=O) groups is 2. The first-order chi connectivity index (χ1) is 15.8. The summed E-state index contributed by atoms with van der Waals surface area (Å²) in [6.07, 6.45) is 0.953. The Morgan fingerprint density at radius 3 is 2.32 bits per heavy atom. The van der Waals surface area contributed by atoms with Gasteiger partial charge in [0.25, 0.3) is 0 Å². The van der Waals surface area contributed by atoms with Gasteiger partial charge in [-0.25, -0.2) is 12.8 Å². The molecule has 0 fully saturated rings. The van der Waals surface area contributed by atoms with Gasteiger partial charge in [0.05, 0.1) is 24.1 Å². The van der Waals surface area contributed by atoms with Gasteiger partial charge in [0.15, 0.2) is 0 Å². The van der Waals surface area contributed by atoms with E-state index in [1.165, 1.54) is 50.4 Å². The molecule has 0 spiro atoms. The SMILES string of the molecule is COc1ccc(N(CC(=O)N(Cc2ccccc2F)[C@@H](C)C(=O)NC(C)C)S(C)(=O)=O)cc1Cl. The summed E-state index contributed by atoms with van der Waals surface area (Å²) in [4.78, 5) is 27.2. The molecule has 2 aromatic rings. The molecule has 186 valence electrons. The summed E-state index contributed by atoms with van der Waals surface area (Å²) in [5.41, 5.74) is 0.338. The predicted molar refractivity (Wildman–Crippen MR) is 130 cm³/mol. The molecule has 34 heavy (non-hydrogen) atoms. The Bertz CT molecular complexity index is 1140. The van der Waals surface area contributed by atoms with Crippen LogP contribution in [0.15, 0.2) is 42.5 Å². The van der Waals surface area contributed by atoms with Crippen molar-refractivity contribution in [2.24, 2.45) is 0 Å². The molecular weight excluding hydrogens is 485 g/mol. The Labute approximate surface area is 204 Å². The molecule has 0 aliphatic heterocycles. The summed E-state index contributed by atoms with van der Waals surface area (Å²) in [6, 6.07) is 9.00. The molecular formula is C23H29ClFN3O5S. The Hall–Kier alpha value is -2.85. The highest BCUT2D eigenvalue weighted by Gasteiger charge is 2.31. The highest BCUT2D eigenvalue weighted by atomic mass is 35.5. The number of methoxy groups -OCH3 is 1. The van der Waals surface area contributed by atoms with E-state index in [1.807, 2.05) is 0 Å². The summed E-state index contributed by atoms with van der Waals surface area (Å²) >= 11 is 6.15. The molecule has 0 radical (unpaired) electrons. The van der Waals surface area contributed by atoms with Crippen LogP contribution in [0.25, 0.3) is 0 Å². The van der Waals surface area contributed by atoms with E-state index in [0.29, 0.717) is 5.75 Å². The lowest BCUT2D eigenvalue weighted by Crippen LogP contribution is -2.52. The van der Waals surface area contributed by atoms with Crippen molar-refractivity contribution >= 4 is 39.1 Å². The fourth-order valence-corrected chi connectivity index (χ4v) is 4.32. The van der Waals surface area contributed by atoms with Crippen LogP contribution in [-0.2, 0) is 26.2 Å². The van der Waals surface area contributed by atoms with Crippen molar-refractivity contribution in [1.82, 2.24) is 10.2 Å². The number of carbonyl (C=O) groups excluding carboxylic acids is 2. The molecule has 0 aliphatic carbocycles. The van der Waals surface area contributed by atoms with Crippen molar-refractivity contribution in [3.8, 4) is 5.75 Å². The summed E-state index contributed by atoms with van der Waals surface area (Å²) in [5.74, 6) is -1.34. The van der Waals surface area contributed by atoms with Gasteiger partial charge in [-0.1, -0.05) is 29.8 Å². The maximum Gasteiger partial charge on any atom is 0.244 e. The van der Waals surface area contributed by atoms with E-state index >= 15 is 0 Å². The number of rotatable bonds is 10. The van der Waals surface area contributed by atoms with Crippen molar-refractivity contribution in [1.29, 1.82) is 0 Å². The first-order valence-electron chi connectivity index (χ1n) is 10.5. The van der Waals surface area contributed by atoms with Crippen molar-refractivity contribution < 1.29 is 27.1 Å². The zero-order valence-corrected chi connectivity index (χ0v) is 21.3. The van der Waals surface area contributed by atoms with Crippen LogP contribution in [0.5, 0.6) is 5.75 Å². The number of sulfonamides is 1. The summed E-state index contributed by atoms with van der Waals surface area (Å²) in [5, 5.41) is 2.88. The van der Waals surface area contributed by atoms with Gasteiger partial charge in [-0.15, -0.1) is 0 Å². The molecule has 0 unspecified atom stereocenters. The molecule has 0 aromatic heterocycles. The Balaban J connectivity index is 2.43. The van der Waals surface area contributed by atoms with Gasteiger partial charge in [0, 0.05) is 18.2 Å². The van der Waals surface area contributed by atoms with Gasteiger partial charge in [-0.3, -0.25) is 13.9 Å². The number of amides is 2. The molecule has 2 aromatic carbocycles. The molecule has 1 N–H and O–H groups in total. The number of hydrogen-bond donors (Lipinski definition) is 1. The minimum absolute atomic E-state index is 0.145. The van der Waals surface area contributed by atoms with E-state index in [9.17, 15) is 22.4 Å². The van der Waals surface area contributed by atoms with Gasteiger partial charge in [-0.2, -0.15) is 0 Å². The van der Waals surface area contributed by atoms with E-state index in [2.05, 4.69) is 5.32 Å². The lowest BCUT2D eigenvalue weighted by molar-refractivity contribution is -0.139. The monoisotopic (exact) mass is 513 g/mol. The van der Waals surface area contributed by atoms with Crippen LogP contribution in [0.4, 0.5) is 10.1 Å². The van der Waals surface area contributed by atoms with E-state index in [-0.39, 0.29) is 28.9 Å². The topological polar surface area (TPSA) is 96.0 Å². The Kier molecular flexibility index (Phi) is 9.29.